The first kappa shape index (κ1) is 16.0. The molecule has 0 radical (unpaired) electrons. The van der Waals surface area contributed by atoms with E-state index in [1.165, 1.54) is 0 Å². The molecule has 2 rings (SSSR count). The van der Waals surface area contributed by atoms with E-state index >= 15 is 0 Å². The number of halogens is 3. The van der Waals surface area contributed by atoms with E-state index in [1.54, 1.807) is 42.5 Å². The average Bonchev–Trinajstić information content (AvgIpc) is 2.41. The van der Waals surface area contributed by atoms with E-state index in [0.29, 0.717) is 20.8 Å². The maximum atomic E-state index is 12.0. The fourth-order valence-corrected chi connectivity index (χ4v) is 2.60. The number of carbonyl (C=O) groups is 1. The van der Waals surface area contributed by atoms with E-state index in [2.05, 4.69) is 10.6 Å². The van der Waals surface area contributed by atoms with Gasteiger partial charge in [0.1, 0.15) is 0 Å². The lowest BCUT2D eigenvalue weighted by Gasteiger charge is -2.17. The molecule has 6 heteroatoms. The molecule has 0 heterocycles. The quantitative estimate of drug-likeness (QED) is 0.756. The Morgan fingerprint density at radius 1 is 1.05 bits per heavy atom. The molecular formula is C15H13Cl3N2O. The molecular weight excluding hydrogens is 331 g/mol. The topological polar surface area (TPSA) is 41.1 Å². The monoisotopic (exact) mass is 342 g/mol. The van der Waals surface area contributed by atoms with Gasteiger partial charge in [-0.1, -0.05) is 53.0 Å². The van der Waals surface area contributed by atoms with Crippen LogP contribution in [-0.4, -0.2) is 6.03 Å². The smallest absolute Gasteiger partial charge is 0.319 e. The maximum Gasteiger partial charge on any atom is 0.319 e. The normalized spacial score (nSPS) is 11.8. The lowest BCUT2D eigenvalue weighted by atomic mass is 10.1. The van der Waals surface area contributed by atoms with Crippen molar-refractivity contribution in [1.29, 1.82) is 0 Å². The van der Waals surface area contributed by atoms with Crippen LogP contribution in [0.4, 0.5) is 10.5 Å². The Hall–Kier alpha value is -1.42. The number of carbonyl (C=O) groups excluding carboxylic acids is 1. The summed E-state index contributed by atoms with van der Waals surface area (Å²) in [5.74, 6) is 0. The SMILES string of the molecule is CC(NC(=O)Nc1ccccc1Cl)c1ccc(Cl)cc1Cl. The first-order valence-corrected chi connectivity index (χ1v) is 7.38. The average molecular weight is 344 g/mol. The number of hydrogen-bond donors (Lipinski definition) is 2. The van der Waals surface area contributed by atoms with Gasteiger partial charge in [0.25, 0.3) is 0 Å². The molecule has 0 aliphatic heterocycles. The summed E-state index contributed by atoms with van der Waals surface area (Å²) in [5.41, 5.74) is 1.33. The Balaban J connectivity index is 2.04. The molecule has 0 bridgehead atoms. The number of anilines is 1. The van der Waals surface area contributed by atoms with Crippen molar-refractivity contribution in [2.24, 2.45) is 0 Å². The van der Waals surface area contributed by atoms with E-state index in [0.717, 1.165) is 5.56 Å². The minimum Gasteiger partial charge on any atom is -0.331 e. The highest BCUT2D eigenvalue weighted by Crippen LogP contribution is 2.26. The van der Waals surface area contributed by atoms with Crippen molar-refractivity contribution in [2.75, 3.05) is 5.32 Å². The summed E-state index contributed by atoms with van der Waals surface area (Å²) in [7, 11) is 0. The number of nitrogens with one attached hydrogen (secondary N) is 2. The van der Waals surface area contributed by atoms with Crippen LogP contribution in [0.3, 0.4) is 0 Å². The molecule has 0 aromatic heterocycles. The lowest BCUT2D eigenvalue weighted by Crippen LogP contribution is -2.31. The molecule has 110 valence electrons. The fraction of sp³-hybridized carbons (Fsp3) is 0.133. The Morgan fingerprint density at radius 3 is 2.43 bits per heavy atom. The van der Waals surface area contributed by atoms with E-state index in [9.17, 15) is 4.79 Å². The van der Waals surface area contributed by atoms with E-state index in [4.69, 9.17) is 34.8 Å². The summed E-state index contributed by atoms with van der Waals surface area (Å²) in [5, 5.41) is 7.02. The van der Waals surface area contributed by atoms with Gasteiger partial charge in [-0.2, -0.15) is 0 Å². The highest BCUT2D eigenvalue weighted by molar-refractivity contribution is 6.35. The van der Waals surface area contributed by atoms with Crippen LogP contribution in [0.2, 0.25) is 15.1 Å². The van der Waals surface area contributed by atoms with Crippen LogP contribution >= 0.6 is 34.8 Å². The molecule has 1 atom stereocenters. The van der Waals surface area contributed by atoms with Crippen LogP contribution in [0, 0.1) is 0 Å². The number of para-hydroxylation sites is 1. The summed E-state index contributed by atoms with van der Waals surface area (Å²) < 4.78 is 0. The number of urea groups is 1. The predicted molar refractivity (Wildman–Crippen MR) is 88.5 cm³/mol. The van der Waals surface area contributed by atoms with Gasteiger partial charge < -0.3 is 10.6 Å². The van der Waals surface area contributed by atoms with Gasteiger partial charge in [-0.15, -0.1) is 0 Å². The van der Waals surface area contributed by atoms with Gasteiger partial charge >= 0.3 is 6.03 Å². The standard InChI is InChI=1S/C15H13Cl3N2O/c1-9(11-7-6-10(16)8-13(11)18)19-15(21)20-14-5-3-2-4-12(14)17/h2-9H,1H3,(H2,19,20,21). The van der Waals surface area contributed by atoms with Crippen molar-refractivity contribution in [3.63, 3.8) is 0 Å². The molecule has 0 saturated heterocycles. The molecule has 2 amide bonds. The zero-order chi connectivity index (χ0) is 15.4. The van der Waals surface area contributed by atoms with Crippen LogP contribution in [0.15, 0.2) is 42.5 Å². The molecule has 0 aliphatic rings. The highest BCUT2D eigenvalue weighted by Gasteiger charge is 2.13. The third kappa shape index (κ3) is 4.27. The van der Waals surface area contributed by atoms with E-state index < -0.39 is 0 Å². The van der Waals surface area contributed by atoms with Gasteiger partial charge in [0.2, 0.25) is 0 Å². The van der Waals surface area contributed by atoms with Gasteiger partial charge in [0.15, 0.2) is 0 Å². The summed E-state index contributed by atoms with van der Waals surface area (Å²) in [6.45, 7) is 1.83. The van der Waals surface area contributed by atoms with Gasteiger partial charge in [-0.25, -0.2) is 4.79 Å². The first-order chi connectivity index (χ1) is 9.97. The van der Waals surface area contributed by atoms with Crippen molar-refractivity contribution in [1.82, 2.24) is 5.32 Å². The molecule has 3 nitrogen and oxygen atoms in total. The molecule has 2 aromatic carbocycles. The molecule has 0 aliphatic carbocycles. The van der Waals surface area contributed by atoms with Crippen molar-refractivity contribution < 1.29 is 4.79 Å². The Kier molecular flexibility index (Phi) is 5.34. The highest BCUT2D eigenvalue weighted by atomic mass is 35.5. The van der Waals surface area contributed by atoms with Crippen LogP contribution in [0.5, 0.6) is 0 Å². The minimum atomic E-state index is -0.360. The lowest BCUT2D eigenvalue weighted by molar-refractivity contribution is 0.249. The van der Waals surface area contributed by atoms with Crippen molar-refractivity contribution in [3.8, 4) is 0 Å². The van der Waals surface area contributed by atoms with Gasteiger partial charge in [0, 0.05) is 10.0 Å². The second-order valence-corrected chi connectivity index (χ2v) is 5.72. The zero-order valence-electron chi connectivity index (χ0n) is 11.2. The molecule has 1 unspecified atom stereocenters. The molecule has 0 saturated carbocycles. The Morgan fingerprint density at radius 2 is 1.76 bits per heavy atom. The third-order valence-electron chi connectivity index (χ3n) is 2.90. The van der Waals surface area contributed by atoms with Gasteiger partial charge in [-0.05, 0) is 36.8 Å². The number of benzene rings is 2. The van der Waals surface area contributed by atoms with Crippen LogP contribution in [0.1, 0.15) is 18.5 Å². The van der Waals surface area contributed by atoms with Crippen LogP contribution in [-0.2, 0) is 0 Å². The predicted octanol–water partition coefficient (Wildman–Crippen LogP) is 5.53. The van der Waals surface area contributed by atoms with Crippen LogP contribution < -0.4 is 10.6 Å². The number of amides is 2. The molecule has 2 N–H and O–H groups in total. The van der Waals surface area contributed by atoms with Gasteiger partial charge in [-0.3, -0.25) is 0 Å². The Labute approximate surface area is 138 Å². The number of hydrogen-bond acceptors (Lipinski definition) is 1. The molecule has 21 heavy (non-hydrogen) atoms. The van der Waals surface area contributed by atoms with Crippen LogP contribution in [0.25, 0.3) is 0 Å². The molecule has 0 fully saturated rings. The summed E-state index contributed by atoms with van der Waals surface area (Å²) >= 11 is 18.0. The largest absolute Gasteiger partial charge is 0.331 e. The zero-order valence-corrected chi connectivity index (χ0v) is 13.4. The van der Waals surface area contributed by atoms with Crippen molar-refractivity contribution in [2.45, 2.75) is 13.0 Å². The minimum absolute atomic E-state index is 0.266. The summed E-state index contributed by atoms with van der Waals surface area (Å²) in [6.07, 6.45) is 0. The summed E-state index contributed by atoms with van der Waals surface area (Å²) in [4.78, 5) is 12.0. The first-order valence-electron chi connectivity index (χ1n) is 6.24. The summed E-state index contributed by atoms with van der Waals surface area (Å²) in [6, 6.07) is 11.5. The van der Waals surface area contributed by atoms with Gasteiger partial charge in [0.05, 0.1) is 16.8 Å². The van der Waals surface area contributed by atoms with E-state index in [1.807, 2.05) is 6.92 Å². The third-order valence-corrected chi connectivity index (χ3v) is 3.79. The number of rotatable bonds is 3. The molecule has 2 aromatic rings. The fourth-order valence-electron chi connectivity index (χ4n) is 1.85. The van der Waals surface area contributed by atoms with Crippen molar-refractivity contribution in [3.05, 3.63) is 63.1 Å². The molecule has 0 spiro atoms. The maximum absolute atomic E-state index is 12.0. The second-order valence-electron chi connectivity index (χ2n) is 4.47. The van der Waals surface area contributed by atoms with E-state index in [-0.39, 0.29) is 12.1 Å². The Bertz CT molecular complexity index is 661. The van der Waals surface area contributed by atoms with Crippen molar-refractivity contribution >= 4 is 46.5 Å². The second kappa shape index (κ2) is 7.03.